The molecule has 1 unspecified atom stereocenters. The van der Waals surface area contributed by atoms with Crippen LogP contribution in [0, 0.1) is 12.8 Å². The summed E-state index contributed by atoms with van der Waals surface area (Å²) >= 11 is 0. The lowest BCUT2D eigenvalue weighted by atomic mass is 9.85. The number of guanidine groups is 1. The van der Waals surface area contributed by atoms with E-state index in [4.69, 9.17) is 10.5 Å². The normalized spacial score (nSPS) is 16.4. The molecule has 22 heavy (non-hydrogen) atoms. The summed E-state index contributed by atoms with van der Waals surface area (Å²) in [6.45, 7) is 5.70. The maximum absolute atomic E-state index is 6.01. The summed E-state index contributed by atoms with van der Waals surface area (Å²) in [5.41, 5.74) is 7.06. The second-order valence-corrected chi connectivity index (χ2v) is 5.82. The van der Waals surface area contributed by atoms with Crippen molar-refractivity contribution in [3.8, 4) is 5.75 Å². The minimum atomic E-state index is 0. The van der Waals surface area contributed by atoms with Gasteiger partial charge in [-0.1, -0.05) is 31.5 Å². The first-order valence-corrected chi connectivity index (χ1v) is 7.95. The number of benzene rings is 1. The van der Waals surface area contributed by atoms with Crippen LogP contribution in [0.2, 0.25) is 0 Å². The zero-order valence-electron chi connectivity index (χ0n) is 13.5. The fourth-order valence-electron chi connectivity index (χ4n) is 2.32. The summed E-state index contributed by atoms with van der Waals surface area (Å²) in [6.07, 6.45) is 4.96. The van der Waals surface area contributed by atoms with Crippen LogP contribution in [0.15, 0.2) is 29.3 Å². The van der Waals surface area contributed by atoms with Crippen molar-refractivity contribution >= 4 is 29.9 Å². The smallest absolute Gasteiger partial charge is 0.188 e. The number of nitrogens with one attached hydrogen (secondary N) is 1. The largest absolute Gasteiger partial charge is 0.488 e. The van der Waals surface area contributed by atoms with Gasteiger partial charge < -0.3 is 15.8 Å². The molecule has 0 amide bonds. The van der Waals surface area contributed by atoms with Crippen molar-refractivity contribution in [2.45, 2.75) is 45.6 Å². The van der Waals surface area contributed by atoms with E-state index in [1.54, 1.807) is 0 Å². The molecule has 0 radical (unpaired) electrons. The van der Waals surface area contributed by atoms with E-state index in [0.717, 1.165) is 30.2 Å². The Morgan fingerprint density at radius 1 is 1.41 bits per heavy atom. The molecule has 3 N–H and O–H groups in total. The Labute approximate surface area is 150 Å². The number of aryl methyl sites for hydroxylation is 1. The van der Waals surface area contributed by atoms with Crippen molar-refractivity contribution in [2.24, 2.45) is 16.6 Å². The minimum Gasteiger partial charge on any atom is -0.488 e. The van der Waals surface area contributed by atoms with E-state index in [1.165, 1.54) is 19.3 Å². The number of para-hydroxylation sites is 1. The molecule has 5 heteroatoms. The van der Waals surface area contributed by atoms with Crippen LogP contribution in [-0.4, -0.2) is 25.2 Å². The molecule has 1 aliphatic rings. The second-order valence-electron chi connectivity index (χ2n) is 5.82. The number of halogens is 1. The van der Waals surface area contributed by atoms with Gasteiger partial charge in [-0.3, -0.25) is 0 Å². The molecule has 1 aliphatic carbocycles. The standard InChI is InChI=1S/C17H27N3O.HI/c1-3-15(21-16-10-5-4-7-13(16)2)12-20-17(18)19-11-14-8-6-9-14;/h4-5,7,10,14-15H,3,6,8-9,11-12H2,1-2H3,(H3,18,19,20);1H. The lowest BCUT2D eigenvalue weighted by Crippen LogP contribution is -2.38. The molecule has 124 valence electrons. The lowest BCUT2D eigenvalue weighted by molar-refractivity contribution is 0.204. The molecule has 1 atom stereocenters. The number of nitrogens with zero attached hydrogens (tertiary/aromatic N) is 1. The molecule has 0 spiro atoms. The van der Waals surface area contributed by atoms with E-state index in [0.29, 0.717) is 12.5 Å². The van der Waals surface area contributed by atoms with Crippen LogP contribution in [0.5, 0.6) is 5.75 Å². The number of ether oxygens (including phenoxy) is 1. The van der Waals surface area contributed by atoms with Gasteiger partial charge in [-0.25, -0.2) is 4.99 Å². The van der Waals surface area contributed by atoms with Gasteiger partial charge in [0.25, 0.3) is 0 Å². The number of hydrogen-bond acceptors (Lipinski definition) is 2. The molecule has 0 aromatic heterocycles. The summed E-state index contributed by atoms with van der Waals surface area (Å²) in [4.78, 5) is 4.41. The number of hydrogen-bond donors (Lipinski definition) is 2. The molecule has 0 bridgehead atoms. The van der Waals surface area contributed by atoms with Gasteiger partial charge in [-0.2, -0.15) is 0 Å². The zero-order valence-corrected chi connectivity index (χ0v) is 15.9. The molecule has 1 aromatic carbocycles. The first kappa shape index (κ1) is 19.1. The summed E-state index contributed by atoms with van der Waals surface area (Å²) in [7, 11) is 0. The Hall–Kier alpha value is -0.980. The van der Waals surface area contributed by atoms with E-state index >= 15 is 0 Å². The number of nitrogens with two attached hydrogens (primary N) is 1. The molecule has 2 rings (SSSR count). The van der Waals surface area contributed by atoms with Crippen molar-refractivity contribution < 1.29 is 4.74 Å². The monoisotopic (exact) mass is 417 g/mol. The summed E-state index contributed by atoms with van der Waals surface area (Å²) < 4.78 is 6.01. The van der Waals surface area contributed by atoms with Crippen molar-refractivity contribution in [1.82, 2.24) is 5.32 Å². The van der Waals surface area contributed by atoms with Crippen molar-refractivity contribution in [3.63, 3.8) is 0 Å². The van der Waals surface area contributed by atoms with Gasteiger partial charge >= 0.3 is 0 Å². The molecule has 1 fully saturated rings. The maximum Gasteiger partial charge on any atom is 0.188 e. The quantitative estimate of drug-likeness (QED) is 0.406. The Kier molecular flexibility index (Phi) is 8.60. The Balaban J connectivity index is 0.00000242. The average Bonchev–Trinajstić information content (AvgIpc) is 2.43. The molecular weight excluding hydrogens is 389 g/mol. The van der Waals surface area contributed by atoms with Gasteiger partial charge in [0.2, 0.25) is 0 Å². The molecule has 0 heterocycles. The summed E-state index contributed by atoms with van der Waals surface area (Å²) in [5.74, 6) is 2.25. The van der Waals surface area contributed by atoms with Crippen LogP contribution < -0.4 is 15.8 Å². The zero-order chi connectivity index (χ0) is 15.1. The third kappa shape index (κ3) is 6.02. The minimum absolute atomic E-state index is 0. The lowest BCUT2D eigenvalue weighted by Gasteiger charge is -2.25. The van der Waals surface area contributed by atoms with Crippen molar-refractivity contribution in [2.75, 3.05) is 13.1 Å². The third-order valence-corrected chi connectivity index (χ3v) is 4.10. The Bertz CT molecular complexity index is 475. The highest BCUT2D eigenvalue weighted by Gasteiger charge is 2.17. The Morgan fingerprint density at radius 2 is 2.14 bits per heavy atom. The first-order valence-electron chi connectivity index (χ1n) is 7.95. The fourth-order valence-corrected chi connectivity index (χ4v) is 2.32. The van der Waals surface area contributed by atoms with E-state index in [2.05, 4.69) is 30.2 Å². The van der Waals surface area contributed by atoms with Crippen LogP contribution in [0.25, 0.3) is 0 Å². The highest BCUT2D eigenvalue weighted by molar-refractivity contribution is 14.0. The van der Waals surface area contributed by atoms with Crippen LogP contribution in [-0.2, 0) is 0 Å². The van der Waals surface area contributed by atoms with E-state index in [-0.39, 0.29) is 30.1 Å². The van der Waals surface area contributed by atoms with Gasteiger partial charge in [0.05, 0.1) is 6.54 Å². The van der Waals surface area contributed by atoms with E-state index in [1.807, 2.05) is 18.2 Å². The highest BCUT2D eigenvalue weighted by Crippen LogP contribution is 2.25. The summed E-state index contributed by atoms with van der Waals surface area (Å²) in [5, 5.41) is 3.21. The predicted octanol–water partition coefficient (Wildman–Crippen LogP) is 3.47. The SMILES string of the molecule is CCC(CN=C(N)NCC1CCC1)Oc1ccccc1C.I. The molecule has 0 aliphatic heterocycles. The van der Waals surface area contributed by atoms with Gasteiger partial charge in [0.15, 0.2) is 5.96 Å². The average molecular weight is 417 g/mol. The second kappa shape index (κ2) is 9.92. The van der Waals surface area contributed by atoms with Gasteiger partial charge in [-0.15, -0.1) is 24.0 Å². The molecular formula is C17H28IN3O. The summed E-state index contributed by atoms with van der Waals surface area (Å²) in [6, 6.07) is 8.07. The first-order chi connectivity index (χ1) is 10.2. The van der Waals surface area contributed by atoms with Crippen LogP contribution in [0.1, 0.15) is 38.2 Å². The van der Waals surface area contributed by atoms with Crippen molar-refractivity contribution in [3.05, 3.63) is 29.8 Å². The molecule has 1 aromatic rings. The maximum atomic E-state index is 6.01. The molecule has 1 saturated carbocycles. The van der Waals surface area contributed by atoms with Gasteiger partial charge in [0.1, 0.15) is 11.9 Å². The van der Waals surface area contributed by atoms with Crippen molar-refractivity contribution in [1.29, 1.82) is 0 Å². The van der Waals surface area contributed by atoms with Crippen LogP contribution >= 0.6 is 24.0 Å². The van der Waals surface area contributed by atoms with Gasteiger partial charge in [0, 0.05) is 6.54 Å². The van der Waals surface area contributed by atoms with E-state index in [9.17, 15) is 0 Å². The fraction of sp³-hybridized carbons (Fsp3) is 0.588. The van der Waals surface area contributed by atoms with Crippen LogP contribution in [0.4, 0.5) is 0 Å². The Morgan fingerprint density at radius 3 is 2.73 bits per heavy atom. The predicted molar refractivity (Wildman–Crippen MR) is 103 cm³/mol. The van der Waals surface area contributed by atoms with Crippen LogP contribution in [0.3, 0.4) is 0 Å². The highest BCUT2D eigenvalue weighted by atomic mass is 127. The van der Waals surface area contributed by atoms with Gasteiger partial charge in [-0.05, 0) is 43.7 Å². The molecule has 0 saturated heterocycles. The van der Waals surface area contributed by atoms with E-state index < -0.39 is 0 Å². The topological polar surface area (TPSA) is 59.6 Å². The number of rotatable bonds is 7. The number of aliphatic imine (C=N–C) groups is 1. The molecule has 4 nitrogen and oxygen atoms in total. The third-order valence-electron chi connectivity index (χ3n) is 4.10.